The molecule has 0 heterocycles. The highest BCUT2D eigenvalue weighted by Gasteiger charge is 2.26. The molecular formula is C16H25N3O. The Bertz CT molecular complexity index is 444. The van der Waals surface area contributed by atoms with Gasteiger partial charge in [-0.1, -0.05) is 26.0 Å². The molecule has 1 fully saturated rings. The molecule has 4 nitrogen and oxygen atoms in total. The molecule has 0 aromatic heterocycles. The lowest BCUT2D eigenvalue weighted by atomic mass is 9.80. The van der Waals surface area contributed by atoms with E-state index in [1.54, 1.807) is 0 Å². The molecule has 0 spiro atoms. The maximum atomic E-state index is 12.0. The van der Waals surface area contributed by atoms with Gasteiger partial charge in [0.05, 0.1) is 0 Å². The molecule has 110 valence electrons. The van der Waals surface area contributed by atoms with Crippen molar-refractivity contribution in [3.63, 3.8) is 0 Å². The van der Waals surface area contributed by atoms with Crippen LogP contribution in [0.4, 0.5) is 10.5 Å². The second-order valence-electron chi connectivity index (χ2n) is 6.00. The number of nitrogens with one attached hydrogen (secondary N) is 2. The van der Waals surface area contributed by atoms with E-state index < -0.39 is 0 Å². The summed E-state index contributed by atoms with van der Waals surface area (Å²) in [5, 5.41) is 5.97. The van der Waals surface area contributed by atoms with Gasteiger partial charge in [0.15, 0.2) is 0 Å². The normalized spacial score (nSPS) is 26.1. The van der Waals surface area contributed by atoms with E-state index in [9.17, 15) is 4.79 Å². The molecule has 0 aliphatic heterocycles. The predicted molar refractivity (Wildman–Crippen MR) is 82.5 cm³/mol. The Morgan fingerprint density at radius 3 is 2.55 bits per heavy atom. The highest BCUT2D eigenvalue weighted by atomic mass is 16.2. The third-order valence-corrected chi connectivity index (χ3v) is 4.20. The topological polar surface area (TPSA) is 67.2 Å². The van der Waals surface area contributed by atoms with Crippen LogP contribution in [0.3, 0.4) is 0 Å². The van der Waals surface area contributed by atoms with Gasteiger partial charge in [0.1, 0.15) is 0 Å². The van der Waals surface area contributed by atoms with E-state index in [1.807, 2.05) is 24.3 Å². The summed E-state index contributed by atoms with van der Waals surface area (Å²) >= 11 is 0. The maximum Gasteiger partial charge on any atom is 0.319 e. The van der Waals surface area contributed by atoms with Gasteiger partial charge >= 0.3 is 6.03 Å². The number of amides is 2. The van der Waals surface area contributed by atoms with Crippen LogP contribution in [-0.4, -0.2) is 12.1 Å². The molecule has 2 rings (SSSR count). The van der Waals surface area contributed by atoms with Gasteiger partial charge in [0.25, 0.3) is 0 Å². The third-order valence-electron chi connectivity index (χ3n) is 4.20. The van der Waals surface area contributed by atoms with Crippen LogP contribution in [-0.2, 0) is 6.54 Å². The van der Waals surface area contributed by atoms with Gasteiger partial charge in [0, 0.05) is 18.3 Å². The minimum absolute atomic E-state index is 0.114. The average Bonchev–Trinajstić information content (AvgIpc) is 2.43. The first kappa shape index (κ1) is 14.9. The van der Waals surface area contributed by atoms with Crippen molar-refractivity contribution in [1.29, 1.82) is 0 Å². The number of rotatable bonds is 3. The number of urea groups is 1. The summed E-state index contributed by atoms with van der Waals surface area (Å²) in [6.45, 7) is 5.02. The fourth-order valence-electron chi connectivity index (χ4n) is 2.94. The minimum atomic E-state index is -0.114. The first-order chi connectivity index (χ1) is 9.58. The fourth-order valence-corrected chi connectivity index (χ4v) is 2.94. The highest BCUT2D eigenvalue weighted by molar-refractivity contribution is 5.89. The number of anilines is 1. The predicted octanol–water partition coefficient (Wildman–Crippen LogP) is 3.09. The van der Waals surface area contributed by atoms with Crippen LogP contribution in [0.1, 0.15) is 38.7 Å². The quantitative estimate of drug-likeness (QED) is 0.793. The van der Waals surface area contributed by atoms with E-state index in [4.69, 9.17) is 5.73 Å². The Hall–Kier alpha value is -1.55. The van der Waals surface area contributed by atoms with Gasteiger partial charge in [-0.2, -0.15) is 0 Å². The van der Waals surface area contributed by atoms with Crippen molar-refractivity contribution in [2.75, 3.05) is 5.32 Å². The zero-order valence-electron chi connectivity index (χ0n) is 12.4. The molecule has 4 heteroatoms. The van der Waals surface area contributed by atoms with Crippen LogP contribution in [0.2, 0.25) is 0 Å². The zero-order chi connectivity index (χ0) is 14.5. The standard InChI is InChI=1S/C16H25N3O/c1-11-3-8-15(12(2)9-11)19-16(20)18-14-6-4-13(10-17)5-7-14/h4-7,11-12,15H,3,8-10,17H2,1-2H3,(H2,18,19,20). The summed E-state index contributed by atoms with van der Waals surface area (Å²) in [4.78, 5) is 12.0. The monoisotopic (exact) mass is 275 g/mol. The molecule has 1 aliphatic carbocycles. The van der Waals surface area contributed by atoms with Crippen molar-refractivity contribution in [3.05, 3.63) is 29.8 Å². The van der Waals surface area contributed by atoms with Crippen molar-refractivity contribution >= 4 is 11.7 Å². The van der Waals surface area contributed by atoms with Crippen LogP contribution in [0, 0.1) is 11.8 Å². The van der Waals surface area contributed by atoms with Crippen LogP contribution < -0.4 is 16.4 Å². The molecule has 1 aromatic carbocycles. The van der Waals surface area contributed by atoms with E-state index in [-0.39, 0.29) is 12.1 Å². The summed E-state index contributed by atoms with van der Waals surface area (Å²) in [6, 6.07) is 7.80. The Balaban J connectivity index is 1.85. The summed E-state index contributed by atoms with van der Waals surface area (Å²) < 4.78 is 0. The van der Waals surface area contributed by atoms with Crippen LogP contribution in [0.15, 0.2) is 24.3 Å². The van der Waals surface area contributed by atoms with Crippen molar-refractivity contribution < 1.29 is 4.79 Å². The summed E-state index contributed by atoms with van der Waals surface area (Å²) in [5.74, 6) is 1.32. The van der Waals surface area contributed by atoms with Crippen molar-refractivity contribution in [2.45, 2.75) is 45.7 Å². The van der Waals surface area contributed by atoms with Crippen molar-refractivity contribution in [2.24, 2.45) is 17.6 Å². The number of hydrogen-bond acceptors (Lipinski definition) is 2. The maximum absolute atomic E-state index is 12.0. The number of carbonyl (C=O) groups is 1. The Morgan fingerprint density at radius 2 is 1.95 bits per heavy atom. The molecule has 0 saturated heterocycles. The molecule has 0 bridgehead atoms. The van der Waals surface area contributed by atoms with Gasteiger partial charge in [0.2, 0.25) is 0 Å². The minimum Gasteiger partial charge on any atom is -0.335 e. The second-order valence-corrected chi connectivity index (χ2v) is 6.00. The van der Waals surface area contributed by atoms with Gasteiger partial charge in [-0.05, 0) is 48.8 Å². The lowest BCUT2D eigenvalue weighted by Gasteiger charge is -2.33. The lowest BCUT2D eigenvalue weighted by molar-refractivity contribution is 0.214. The lowest BCUT2D eigenvalue weighted by Crippen LogP contribution is -2.44. The van der Waals surface area contributed by atoms with E-state index >= 15 is 0 Å². The highest BCUT2D eigenvalue weighted by Crippen LogP contribution is 2.28. The van der Waals surface area contributed by atoms with Crippen molar-refractivity contribution in [3.8, 4) is 0 Å². The van der Waals surface area contributed by atoms with E-state index in [0.29, 0.717) is 12.5 Å². The number of carbonyl (C=O) groups excluding carboxylic acids is 1. The summed E-state index contributed by atoms with van der Waals surface area (Å²) in [7, 11) is 0. The molecule has 2 amide bonds. The van der Waals surface area contributed by atoms with Crippen LogP contribution in [0.25, 0.3) is 0 Å². The largest absolute Gasteiger partial charge is 0.335 e. The summed E-state index contributed by atoms with van der Waals surface area (Å²) in [5.41, 5.74) is 7.41. The Morgan fingerprint density at radius 1 is 1.25 bits per heavy atom. The Labute approximate surface area is 121 Å². The van der Waals surface area contributed by atoms with Crippen molar-refractivity contribution in [1.82, 2.24) is 5.32 Å². The van der Waals surface area contributed by atoms with Gasteiger partial charge in [-0.25, -0.2) is 4.79 Å². The van der Waals surface area contributed by atoms with E-state index in [2.05, 4.69) is 24.5 Å². The van der Waals surface area contributed by atoms with Gasteiger partial charge in [-0.15, -0.1) is 0 Å². The molecule has 4 N–H and O–H groups in total. The second kappa shape index (κ2) is 6.75. The van der Waals surface area contributed by atoms with Gasteiger partial charge in [-0.3, -0.25) is 0 Å². The van der Waals surface area contributed by atoms with Gasteiger partial charge < -0.3 is 16.4 Å². The molecule has 3 unspecified atom stereocenters. The summed E-state index contributed by atoms with van der Waals surface area (Å²) in [6.07, 6.45) is 3.46. The molecule has 3 atom stereocenters. The number of hydrogen-bond donors (Lipinski definition) is 3. The molecule has 1 aliphatic rings. The van der Waals surface area contributed by atoms with Crippen LogP contribution >= 0.6 is 0 Å². The molecule has 1 saturated carbocycles. The van der Waals surface area contributed by atoms with Crippen LogP contribution in [0.5, 0.6) is 0 Å². The molecule has 1 aromatic rings. The fraction of sp³-hybridized carbons (Fsp3) is 0.562. The van der Waals surface area contributed by atoms with E-state index in [0.717, 1.165) is 23.6 Å². The number of benzene rings is 1. The Kier molecular flexibility index (Phi) is 5.01. The zero-order valence-corrected chi connectivity index (χ0v) is 12.4. The third kappa shape index (κ3) is 3.97. The molecule has 0 radical (unpaired) electrons. The molecule has 20 heavy (non-hydrogen) atoms. The first-order valence-corrected chi connectivity index (χ1v) is 7.45. The molecular weight excluding hydrogens is 250 g/mol. The van der Waals surface area contributed by atoms with E-state index in [1.165, 1.54) is 12.8 Å². The first-order valence-electron chi connectivity index (χ1n) is 7.45. The number of nitrogens with two attached hydrogens (primary N) is 1. The average molecular weight is 275 g/mol. The SMILES string of the molecule is CC1CCC(NC(=O)Nc2ccc(CN)cc2)C(C)C1. The smallest absolute Gasteiger partial charge is 0.319 e.